The molecule has 0 atom stereocenters. The Balaban J connectivity index is 1.28. The van der Waals surface area contributed by atoms with Crippen LogP contribution in [-0.4, -0.2) is 32.1 Å². The van der Waals surface area contributed by atoms with Gasteiger partial charge in [0, 0.05) is 18.7 Å². The normalized spacial score (nSPS) is 13.5. The molecule has 0 fully saturated rings. The Kier molecular flexibility index (Phi) is 9.39. The van der Waals surface area contributed by atoms with E-state index in [1.54, 1.807) is 0 Å². The van der Waals surface area contributed by atoms with Crippen molar-refractivity contribution < 1.29 is 9.53 Å². The molecule has 0 spiro atoms. The van der Waals surface area contributed by atoms with Crippen LogP contribution in [0.2, 0.25) is 5.02 Å². The molecule has 1 amide bonds. The molecule has 0 bridgehead atoms. The number of hydrogen-bond donors (Lipinski definition) is 2. The van der Waals surface area contributed by atoms with Gasteiger partial charge in [0.25, 0.3) is 0 Å². The second-order valence-electron chi connectivity index (χ2n) is 8.81. The molecule has 4 nitrogen and oxygen atoms in total. The van der Waals surface area contributed by atoms with E-state index in [0.29, 0.717) is 24.7 Å². The van der Waals surface area contributed by atoms with Crippen molar-refractivity contribution in [3.8, 4) is 5.75 Å². The van der Waals surface area contributed by atoms with Crippen molar-refractivity contribution in [2.24, 2.45) is 0 Å². The van der Waals surface area contributed by atoms with Gasteiger partial charge < -0.3 is 15.4 Å². The van der Waals surface area contributed by atoms with Crippen LogP contribution in [0.1, 0.15) is 36.0 Å². The van der Waals surface area contributed by atoms with Crippen LogP contribution in [0.15, 0.2) is 84.4 Å². The fourth-order valence-corrected chi connectivity index (χ4v) is 4.55. The topological polar surface area (TPSA) is 50.4 Å². The van der Waals surface area contributed by atoms with Gasteiger partial charge in [0.05, 0.1) is 11.6 Å². The molecule has 0 saturated carbocycles. The highest BCUT2D eigenvalue weighted by atomic mass is 35.5. The van der Waals surface area contributed by atoms with E-state index in [9.17, 15) is 4.79 Å². The van der Waals surface area contributed by atoms with Gasteiger partial charge in [0.1, 0.15) is 5.75 Å². The summed E-state index contributed by atoms with van der Waals surface area (Å²) in [4.78, 5) is 12.9. The van der Waals surface area contributed by atoms with Gasteiger partial charge in [-0.3, -0.25) is 4.79 Å². The fourth-order valence-electron chi connectivity index (χ4n) is 4.36. The zero-order valence-corrected chi connectivity index (χ0v) is 20.8. The SMILES string of the molecule is O=C(NCCCc1ccccc1)C1=C(c2ccc(CCCOc3ccccc3Cl)cc2)CCNC1. The lowest BCUT2D eigenvalue weighted by Gasteiger charge is -2.21. The molecule has 4 rings (SSSR count). The van der Waals surface area contributed by atoms with Crippen LogP contribution in [0, 0.1) is 0 Å². The molecule has 35 heavy (non-hydrogen) atoms. The summed E-state index contributed by atoms with van der Waals surface area (Å²) in [6, 6.07) is 26.6. The first-order valence-electron chi connectivity index (χ1n) is 12.4. The molecule has 182 valence electrons. The van der Waals surface area contributed by atoms with Crippen LogP contribution < -0.4 is 15.4 Å². The Morgan fingerprint density at radius 2 is 1.60 bits per heavy atom. The summed E-state index contributed by atoms with van der Waals surface area (Å²) in [6.45, 7) is 2.80. The number of carbonyl (C=O) groups is 1. The monoisotopic (exact) mass is 488 g/mol. The van der Waals surface area contributed by atoms with Crippen molar-refractivity contribution in [3.63, 3.8) is 0 Å². The number of hydrogen-bond acceptors (Lipinski definition) is 3. The smallest absolute Gasteiger partial charge is 0.248 e. The van der Waals surface area contributed by atoms with Crippen molar-refractivity contribution in [1.29, 1.82) is 0 Å². The summed E-state index contributed by atoms with van der Waals surface area (Å²) in [7, 11) is 0. The third-order valence-corrected chi connectivity index (χ3v) is 6.58. The van der Waals surface area contributed by atoms with Crippen molar-refractivity contribution in [1.82, 2.24) is 10.6 Å². The van der Waals surface area contributed by atoms with Gasteiger partial charge in [-0.15, -0.1) is 0 Å². The Bertz CT molecular complexity index is 1130. The van der Waals surface area contributed by atoms with Crippen LogP contribution in [0.5, 0.6) is 5.75 Å². The van der Waals surface area contributed by atoms with E-state index in [2.05, 4.69) is 59.2 Å². The molecular weight excluding hydrogens is 456 g/mol. The average molecular weight is 489 g/mol. The predicted molar refractivity (Wildman–Crippen MR) is 144 cm³/mol. The summed E-state index contributed by atoms with van der Waals surface area (Å²) in [6.07, 6.45) is 4.60. The maximum Gasteiger partial charge on any atom is 0.248 e. The second-order valence-corrected chi connectivity index (χ2v) is 9.22. The van der Waals surface area contributed by atoms with Gasteiger partial charge in [0.2, 0.25) is 5.91 Å². The first kappa shape index (κ1) is 25.0. The lowest BCUT2D eigenvalue weighted by Crippen LogP contribution is -2.35. The molecule has 0 radical (unpaired) electrons. The Labute approximate surface area is 213 Å². The van der Waals surface area contributed by atoms with E-state index in [1.807, 2.05) is 30.3 Å². The number of rotatable bonds is 11. The highest BCUT2D eigenvalue weighted by molar-refractivity contribution is 6.32. The number of nitrogens with one attached hydrogen (secondary N) is 2. The zero-order chi connectivity index (χ0) is 24.3. The second kappa shape index (κ2) is 13.1. The summed E-state index contributed by atoms with van der Waals surface area (Å²) >= 11 is 6.14. The highest BCUT2D eigenvalue weighted by Crippen LogP contribution is 2.26. The molecule has 1 aliphatic heterocycles. The molecule has 3 aromatic carbocycles. The van der Waals surface area contributed by atoms with E-state index in [-0.39, 0.29) is 5.91 Å². The van der Waals surface area contributed by atoms with Gasteiger partial charge in [0.15, 0.2) is 0 Å². The van der Waals surface area contributed by atoms with E-state index in [0.717, 1.165) is 61.1 Å². The number of carbonyl (C=O) groups excluding carboxylic acids is 1. The zero-order valence-electron chi connectivity index (χ0n) is 20.1. The minimum Gasteiger partial charge on any atom is -0.492 e. The van der Waals surface area contributed by atoms with E-state index in [4.69, 9.17) is 16.3 Å². The molecule has 1 heterocycles. The summed E-state index contributed by atoms with van der Waals surface area (Å²) in [5.41, 5.74) is 5.71. The van der Waals surface area contributed by atoms with Crippen LogP contribution in [0.4, 0.5) is 0 Å². The molecule has 0 aromatic heterocycles. The predicted octanol–water partition coefficient (Wildman–Crippen LogP) is 5.85. The summed E-state index contributed by atoms with van der Waals surface area (Å²) in [5.74, 6) is 0.772. The molecule has 0 unspecified atom stereocenters. The number of halogens is 1. The van der Waals surface area contributed by atoms with E-state index >= 15 is 0 Å². The van der Waals surface area contributed by atoms with Crippen molar-refractivity contribution in [2.75, 3.05) is 26.2 Å². The van der Waals surface area contributed by atoms with Crippen LogP contribution >= 0.6 is 11.6 Å². The van der Waals surface area contributed by atoms with E-state index < -0.39 is 0 Å². The number of amides is 1. The third kappa shape index (κ3) is 7.45. The summed E-state index contributed by atoms with van der Waals surface area (Å²) in [5, 5.41) is 7.12. The van der Waals surface area contributed by atoms with Crippen LogP contribution in [0.3, 0.4) is 0 Å². The lowest BCUT2D eigenvalue weighted by atomic mass is 9.92. The summed E-state index contributed by atoms with van der Waals surface area (Å²) < 4.78 is 5.79. The van der Waals surface area contributed by atoms with Crippen molar-refractivity contribution in [3.05, 3.63) is 106 Å². The minimum atomic E-state index is 0.0426. The van der Waals surface area contributed by atoms with Crippen LogP contribution in [0.25, 0.3) is 5.57 Å². The van der Waals surface area contributed by atoms with Crippen molar-refractivity contribution >= 4 is 23.1 Å². The maximum absolute atomic E-state index is 12.9. The van der Waals surface area contributed by atoms with Gasteiger partial charge >= 0.3 is 0 Å². The number of benzene rings is 3. The Hall–Kier alpha value is -3.08. The van der Waals surface area contributed by atoms with Crippen molar-refractivity contribution in [2.45, 2.75) is 32.1 Å². The molecular formula is C30H33ClN2O2. The number of ether oxygens (including phenoxy) is 1. The fraction of sp³-hybridized carbons (Fsp3) is 0.300. The third-order valence-electron chi connectivity index (χ3n) is 6.27. The first-order valence-corrected chi connectivity index (χ1v) is 12.8. The van der Waals surface area contributed by atoms with Gasteiger partial charge in [-0.25, -0.2) is 0 Å². The largest absolute Gasteiger partial charge is 0.492 e. The molecule has 1 aliphatic rings. The molecule has 5 heteroatoms. The molecule has 3 aromatic rings. The first-order chi connectivity index (χ1) is 17.2. The highest BCUT2D eigenvalue weighted by Gasteiger charge is 2.19. The van der Waals surface area contributed by atoms with E-state index in [1.165, 1.54) is 11.1 Å². The molecule has 0 saturated heterocycles. The lowest BCUT2D eigenvalue weighted by molar-refractivity contribution is -0.117. The average Bonchev–Trinajstić information content (AvgIpc) is 2.91. The Morgan fingerprint density at radius 1 is 0.886 bits per heavy atom. The quantitative estimate of drug-likeness (QED) is 0.333. The molecule has 2 N–H and O–H groups in total. The van der Waals surface area contributed by atoms with Gasteiger partial charge in [-0.1, -0.05) is 78.3 Å². The maximum atomic E-state index is 12.9. The van der Waals surface area contributed by atoms with Gasteiger partial charge in [-0.05, 0) is 73.0 Å². The standard InChI is InChI=1S/C30H33ClN2O2/c31-28-12-4-5-13-29(28)35-21-7-11-24-14-16-25(17-15-24)26-18-20-32-22-27(26)30(34)33-19-6-10-23-8-2-1-3-9-23/h1-5,8-9,12-17,32H,6-7,10-11,18-22H2,(H,33,34). The number of para-hydroxylation sites is 1. The van der Waals surface area contributed by atoms with Crippen LogP contribution in [-0.2, 0) is 17.6 Å². The minimum absolute atomic E-state index is 0.0426. The molecule has 0 aliphatic carbocycles. The number of aryl methyl sites for hydroxylation is 2. The van der Waals surface area contributed by atoms with Gasteiger partial charge in [-0.2, -0.15) is 0 Å². The Morgan fingerprint density at radius 3 is 2.40 bits per heavy atom.